The highest BCUT2D eigenvalue weighted by Gasteiger charge is 2.34. The third-order valence-electron chi connectivity index (χ3n) is 4.56. The molecule has 1 aliphatic heterocycles. The molecule has 0 radical (unpaired) electrons. The SMILES string of the molecule is Cc1ccncc1NC1CCCC1C1CCCN1. The first-order chi connectivity index (χ1) is 8.84. The first kappa shape index (κ1) is 12.0. The maximum Gasteiger partial charge on any atom is 0.0558 e. The number of rotatable bonds is 3. The van der Waals surface area contributed by atoms with Crippen LogP contribution in [0.25, 0.3) is 0 Å². The number of hydrogen-bond acceptors (Lipinski definition) is 3. The molecular formula is C15H23N3. The van der Waals surface area contributed by atoms with Gasteiger partial charge in [-0.2, -0.15) is 0 Å². The fourth-order valence-electron chi connectivity index (χ4n) is 3.54. The van der Waals surface area contributed by atoms with Crippen molar-refractivity contribution in [1.29, 1.82) is 0 Å². The van der Waals surface area contributed by atoms with Crippen LogP contribution in [0.3, 0.4) is 0 Å². The summed E-state index contributed by atoms with van der Waals surface area (Å²) in [7, 11) is 0. The molecule has 3 rings (SSSR count). The van der Waals surface area contributed by atoms with Crippen LogP contribution in [0.1, 0.15) is 37.7 Å². The van der Waals surface area contributed by atoms with Gasteiger partial charge in [0.15, 0.2) is 0 Å². The van der Waals surface area contributed by atoms with Crippen LogP contribution < -0.4 is 10.6 Å². The Kier molecular flexibility index (Phi) is 3.50. The summed E-state index contributed by atoms with van der Waals surface area (Å²) in [5.74, 6) is 0.798. The maximum absolute atomic E-state index is 4.23. The first-order valence-electron chi connectivity index (χ1n) is 7.25. The van der Waals surface area contributed by atoms with E-state index in [-0.39, 0.29) is 0 Å². The standard InChI is InChI=1S/C15H23N3/c1-11-7-9-16-10-15(11)18-14-5-2-4-12(14)13-6-3-8-17-13/h7,9-10,12-14,17-18H,2-6,8H2,1H3. The van der Waals surface area contributed by atoms with E-state index in [1.54, 1.807) is 0 Å². The van der Waals surface area contributed by atoms with Crippen molar-refractivity contribution in [2.45, 2.75) is 51.1 Å². The van der Waals surface area contributed by atoms with Crippen molar-refractivity contribution in [2.75, 3.05) is 11.9 Å². The highest BCUT2D eigenvalue weighted by Crippen LogP contribution is 2.34. The number of aromatic nitrogens is 1. The smallest absolute Gasteiger partial charge is 0.0558 e. The highest BCUT2D eigenvalue weighted by molar-refractivity contribution is 5.49. The minimum Gasteiger partial charge on any atom is -0.381 e. The van der Waals surface area contributed by atoms with Gasteiger partial charge in [0.05, 0.1) is 11.9 Å². The number of nitrogens with zero attached hydrogens (tertiary/aromatic N) is 1. The van der Waals surface area contributed by atoms with Gasteiger partial charge in [0, 0.05) is 18.3 Å². The van der Waals surface area contributed by atoms with Crippen molar-refractivity contribution in [3.63, 3.8) is 0 Å². The second kappa shape index (κ2) is 5.27. The average molecular weight is 245 g/mol. The van der Waals surface area contributed by atoms with E-state index < -0.39 is 0 Å². The zero-order valence-electron chi connectivity index (χ0n) is 11.2. The Morgan fingerprint density at radius 2 is 2.22 bits per heavy atom. The van der Waals surface area contributed by atoms with Gasteiger partial charge in [0.1, 0.15) is 0 Å². The summed E-state index contributed by atoms with van der Waals surface area (Å²) in [5, 5.41) is 7.41. The fourth-order valence-corrected chi connectivity index (χ4v) is 3.54. The van der Waals surface area contributed by atoms with Gasteiger partial charge in [-0.15, -0.1) is 0 Å². The molecule has 0 bridgehead atoms. The molecule has 2 heterocycles. The summed E-state index contributed by atoms with van der Waals surface area (Å²) in [6.45, 7) is 3.36. The second-order valence-electron chi connectivity index (χ2n) is 5.74. The molecule has 1 saturated heterocycles. The van der Waals surface area contributed by atoms with Gasteiger partial charge in [-0.05, 0) is 56.7 Å². The molecule has 2 fully saturated rings. The van der Waals surface area contributed by atoms with Crippen LogP contribution in [0.2, 0.25) is 0 Å². The third kappa shape index (κ3) is 2.37. The molecule has 18 heavy (non-hydrogen) atoms. The lowest BCUT2D eigenvalue weighted by Crippen LogP contribution is -2.38. The normalized spacial score (nSPS) is 31.7. The summed E-state index contributed by atoms with van der Waals surface area (Å²) < 4.78 is 0. The van der Waals surface area contributed by atoms with Gasteiger partial charge in [-0.25, -0.2) is 0 Å². The van der Waals surface area contributed by atoms with Crippen molar-refractivity contribution in [3.8, 4) is 0 Å². The lowest BCUT2D eigenvalue weighted by Gasteiger charge is -2.27. The third-order valence-corrected chi connectivity index (χ3v) is 4.56. The van der Waals surface area contributed by atoms with E-state index in [0.29, 0.717) is 6.04 Å². The van der Waals surface area contributed by atoms with Gasteiger partial charge < -0.3 is 10.6 Å². The molecule has 2 N–H and O–H groups in total. The van der Waals surface area contributed by atoms with Crippen molar-refractivity contribution in [3.05, 3.63) is 24.0 Å². The summed E-state index contributed by atoms with van der Waals surface area (Å²) in [5.41, 5.74) is 2.52. The van der Waals surface area contributed by atoms with Crippen LogP contribution in [0.5, 0.6) is 0 Å². The lowest BCUT2D eigenvalue weighted by atomic mass is 9.93. The van der Waals surface area contributed by atoms with Gasteiger partial charge >= 0.3 is 0 Å². The molecule has 3 atom stereocenters. The fraction of sp³-hybridized carbons (Fsp3) is 0.667. The molecule has 3 unspecified atom stereocenters. The molecular weight excluding hydrogens is 222 g/mol. The summed E-state index contributed by atoms with van der Waals surface area (Å²) >= 11 is 0. The zero-order chi connectivity index (χ0) is 12.4. The molecule has 0 aromatic carbocycles. The van der Waals surface area contributed by atoms with Gasteiger partial charge in [0.2, 0.25) is 0 Å². The predicted molar refractivity (Wildman–Crippen MR) is 74.8 cm³/mol. The number of aryl methyl sites for hydroxylation is 1. The second-order valence-corrected chi connectivity index (χ2v) is 5.74. The van der Waals surface area contributed by atoms with Crippen molar-refractivity contribution in [1.82, 2.24) is 10.3 Å². The van der Waals surface area contributed by atoms with Gasteiger partial charge in [0.25, 0.3) is 0 Å². The summed E-state index contributed by atoms with van der Waals surface area (Å²) in [6.07, 6.45) is 10.6. The molecule has 3 heteroatoms. The Hall–Kier alpha value is -1.09. The minimum atomic E-state index is 0.628. The highest BCUT2D eigenvalue weighted by atomic mass is 15.0. The minimum absolute atomic E-state index is 0.628. The van der Waals surface area contributed by atoms with Crippen LogP contribution >= 0.6 is 0 Å². The van der Waals surface area contributed by atoms with Crippen molar-refractivity contribution in [2.24, 2.45) is 5.92 Å². The molecule has 1 aromatic rings. The number of nitrogens with one attached hydrogen (secondary N) is 2. The zero-order valence-corrected chi connectivity index (χ0v) is 11.2. The van der Waals surface area contributed by atoms with Crippen molar-refractivity contribution >= 4 is 5.69 Å². The molecule has 1 aliphatic carbocycles. The number of hydrogen-bond donors (Lipinski definition) is 2. The quantitative estimate of drug-likeness (QED) is 0.859. The van der Waals surface area contributed by atoms with Crippen LogP contribution in [0, 0.1) is 12.8 Å². The van der Waals surface area contributed by atoms with Crippen LogP contribution in [-0.4, -0.2) is 23.6 Å². The molecule has 1 aromatic heterocycles. The van der Waals surface area contributed by atoms with E-state index in [1.807, 2.05) is 12.4 Å². The van der Waals surface area contributed by atoms with E-state index in [4.69, 9.17) is 0 Å². The number of anilines is 1. The molecule has 1 saturated carbocycles. The Balaban J connectivity index is 1.69. The van der Waals surface area contributed by atoms with Crippen LogP contribution in [0.4, 0.5) is 5.69 Å². The molecule has 0 amide bonds. The Labute approximate surface area is 109 Å². The molecule has 98 valence electrons. The Bertz CT molecular complexity index is 398. The van der Waals surface area contributed by atoms with E-state index in [1.165, 1.54) is 49.9 Å². The maximum atomic E-state index is 4.23. The lowest BCUT2D eigenvalue weighted by molar-refractivity contribution is 0.376. The topological polar surface area (TPSA) is 37.0 Å². The molecule has 3 nitrogen and oxygen atoms in total. The summed E-state index contributed by atoms with van der Waals surface area (Å²) in [6, 6.07) is 3.45. The first-order valence-corrected chi connectivity index (χ1v) is 7.25. The largest absolute Gasteiger partial charge is 0.381 e. The van der Waals surface area contributed by atoms with E-state index >= 15 is 0 Å². The van der Waals surface area contributed by atoms with Crippen LogP contribution in [0.15, 0.2) is 18.5 Å². The molecule has 2 aliphatic rings. The van der Waals surface area contributed by atoms with E-state index in [2.05, 4.69) is 28.6 Å². The Morgan fingerprint density at radius 1 is 1.28 bits per heavy atom. The van der Waals surface area contributed by atoms with Crippen molar-refractivity contribution < 1.29 is 0 Å². The monoisotopic (exact) mass is 245 g/mol. The van der Waals surface area contributed by atoms with E-state index in [0.717, 1.165) is 12.0 Å². The average Bonchev–Trinajstić information content (AvgIpc) is 3.02. The van der Waals surface area contributed by atoms with E-state index in [9.17, 15) is 0 Å². The predicted octanol–water partition coefficient (Wildman–Crippen LogP) is 2.72. The molecule has 0 spiro atoms. The van der Waals surface area contributed by atoms with Crippen LogP contribution in [-0.2, 0) is 0 Å². The number of pyridine rings is 1. The summed E-state index contributed by atoms with van der Waals surface area (Å²) in [4.78, 5) is 4.23. The van der Waals surface area contributed by atoms with Gasteiger partial charge in [-0.3, -0.25) is 4.98 Å². The van der Waals surface area contributed by atoms with Gasteiger partial charge in [-0.1, -0.05) is 6.42 Å². The Morgan fingerprint density at radius 3 is 3.00 bits per heavy atom.